The highest BCUT2D eigenvalue weighted by Gasteiger charge is 2.32. The van der Waals surface area contributed by atoms with Gasteiger partial charge in [-0.2, -0.15) is 0 Å². The summed E-state index contributed by atoms with van der Waals surface area (Å²) in [7, 11) is 0. The third-order valence-electron chi connectivity index (χ3n) is 2.78. The summed E-state index contributed by atoms with van der Waals surface area (Å²) in [6.45, 7) is 0. The minimum absolute atomic E-state index is 0.218. The monoisotopic (exact) mass is 220 g/mol. The first-order valence-corrected chi connectivity index (χ1v) is 5.11. The Hall–Kier alpha value is -1.91. The fourth-order valence-corrected chi connectivity index (χ4v) is 1.91. The van der Waals surface area contributed by atoms with E-state index in [1.54, 1.807) is 24.5 Å². The average molecular weight is 220 g/mol. The van der Waals surface area contributed by atoms with Crippen LogP contribution in [0.5, 0.6) is 0 Å². The predicted octanol–water partition coefficient (Wildman–Crippen LogP) is 0.528. The number of nitrogens with one attached hydrogen (secondary N) is 1. The van der Waals surface area contributed by atoms with Crippen molar-refractivity contribution in [2.24, 2.45) is 0 Å². The fraction of sp³-hybridized carbons (Fsp3) is 0.364. The molecule has 0 bridgehead atoms. The van der Waals surface area contributed by atoms with Crippen LogP contribution >= 0.6 is 0 Å². The third kappa shape index (κ3) is 2.03. The predicted molar refractivity (Wildman–Crippen MR) is 55.8 cm³/mol. The molecule has 5 heteroatoms. The molecule has 16 heavy (non-hydrogen) atoms. The molecule has 2 rings (SSSR count). The molecule has 2 atom stereocenters. The van der Waals surface area contributed by atoms with Crippen molar-refractivity contribution in [1.29, 1.82) is 0 Å². The lowest BCUT2D eigenvalue weighted by atomic mass is 9.88. The van der Waals surface area contributed by atoms with E-state index in [9.17, 15) is 9.59 Å². The van der Waals surface area contributed by atoms with E-state index in [0.717, 1.165) is 5.56 Å². The lowest BCUT2D eigenvalue weighted by Gasteiger charge is -2.26. The van der Waals surface area contributed by atoms with Crippen LogP contribution in [0.3, 0.4) is 0 Å². The van der Waals surface area contributed by atoms with Crippen LogP contribution in [0.2, 0.25) is 0 Å². The largest absolute Gasteiger partial charge is 0.480 e. The van der Waals surface area contributed by atoms with Gasteiger partial charge in [0.15, 0.2) is 0 Å². The van der Waals surface area contributed by atoms with Gasteiger partial charge in [-0.15, -0.1) is 0 Å². The summed E-state index contributed by atoms with van der Waals surface area (Å²) in [6.07, 6.45) is 4.29. The number of aromatic nitrogens is 1. The van der Waals surface area contributed by atoms with E-state index in [-0.39, 0.29) is 11.8 Å². The second-order valence-corrected chi connectivity index (χ2v) is 3.81. The first kappa shape index (κ1) is 10.6. The molecule has 1 aromatic rings. The topological polar surface area (TPSA) is 79.3 Å². The van der Waals surface area contributed by atoms with Crippen LogP contribution in [-0.2, 0) is 9.59 Å². The molecule has 2 heterocycles. The minimum Gasteiger partial charge on any atom is -0.480 e. The van der Waals surface area contributed by atoms with Gasteiger partial charge < -0.3 is 10.4 Å². The van der Waals surface area contributed by atoms with Crippen LogP contribution in [-0.4, -0.2) is 28.0 Å². The standard InChI is InChI=1S/C11H12N2O3/c14-10-8(7-3-5-12-6-4-7)1-2-9(13-10)11(15)16/h3-6,8-9H,1-2H2,(H,13,14)(H,15,16). The van der Waals surface area contributed by atoms with E-state index in [1.165, 1.54) is 0 Å². The van der Waals surface area contributed by atoms with Crippen molar-refractivity contribution in [3.8, 4) is 0 Å². The summed E-state index contributed by atoms with van der Waals surface area (Å²) < 4.78 is 0. The molecule has 2 unspecified atom stereocenters. The van der Waals surface area contributed by atoms with Crippen molar-refractivity contribution in [2.75, 3.05) is 0 Å². The Kier molecular flexibility index (Phi) is 2.85. The Bertz CT molecular complexity index is 405. The van der Waals surface area contributed by atoms with Crippen LogP contribution < -0.4 is 5.32 Å². The molecule has 1 aromatic heterocycles. The minimum atomic E-state index is -0.971. The Balaban J connectivity index is 2.11. The van der Waals surface area contributed by atoms with Crippen LogP contribution in [0, 0.1) is 0 Å². The van der Waals surface area contributed by atoms with Crippen LogP contribution in [0.4, 0.5) is 0 Å². The molecule has 1 aliphatic heterocycles. The van der Waals surface area contributed by atoms with Crippen LogP contribution in [0.25, 0.3) is 0 Å². The number of amides is 1. The van der Waals surface area contributed by atoms with E-state index in [1.807, 2.05) is 0 Å². The van der Waals surface area contributed by atoms with Gasteiger partial charge in [0.1, 0.15) is 6.04 Å². The number of carboxylic acids is 1. The fourth-order valence-electron chi connectivity index (χ4n) is 1.91. The molecule has 1 fully saturated rings. The van der Waals surface area contributed by atoms with E-state index < -0.39 is 12.0 Å². The van der Waals surface area contributed by atoms with Gasteiger partial charge in [-0.3, -0.25) is 9.78 Å². The Labute approximate surface area is 92.5 Å². The molecule has 0 saturated carbocycles. The third-order valence-corrected chi connectivity index (χ3v) is 2.78. The molecule has 0 radical (unpaired) electrons. The van der Waals surface area contributed by atoms with Crippen molar-refractivity contribution in [2.45, 2.75) is 24.8 Å². The van der Waals surface area contributed by atoms with Gasteiger partial charge in [0.05, 0.1) is 5.92 Å². The van der Waals surface area contributed by atoms with Gasteiger partial charge in [-0.1, -0.05) is 0 Å². The van der Waals surface area contributed by atoms with Gasteiger partial charge >= 0.3 is 5.97 Å². The number of carbonyl (C=O) groups excluding carboxylic acids is 1. The highest BCUT2D eigenvalue weighted by molar-refractivity contribution is 5.89. The maximum absolute atomic E-state index is 11.7. The van der Waals surface area contributed by atoms with Gasteiger partial charge in [0, 0.05) is 12.4 Å². The van der Waals surface area contributed by atoms with E-state index in [0.29, 0.717) is 12.8 Å². The highest BCUT2D eigenvalue weighted by atomic mass is 16.4. The molecular formula is C11H12N2O3. The summed E-state index contributed by atoms with van der Waals surface area (Å²) >= 11 is 0. The number of rotatable bonds is 2. The van der Waals surface area contributed by atoms with Crippen molar-refractivity contribution in [3.63, 3.8) is 0 Å². The first-order chi connectivity index (χ1) is 7.68. The first-order valence-electron chi connectivity index (χ1n) is 5.11. The maximum Gasteiger partial charge on any atom is 0.326 e. The SMILES string of the molecule is O=C(O)C1CCC(c2ccncc2)C(=O)N1. The number of pyridine rings is 1. The van der Waals surface area contributed by atoms with Gasteiger partial charge in [0.2, 0.25) is 5.91 Å². The van der Waals surface area contributed by atoms with E-state index in [4.69, 9.17) is 5.11 Å². The van der Waals surface area contributed by atoms with E-state index in [2.05, 4.69) is 10.3 Å². The summed E-state index contributed by atoms with van der Waals surface area (Å²) in [5, 5.41) is 11.3. The van der Waals surface area contributed by atoms with Crippen molar-refractivity contribution < 1.29 is 14.7 Å². The quantitative estimate of drug-likeness (QED) is 0.761. The molecule has 84 valence electrons. The molecule has 0 spiro atoms. The average Bonchev–Trinajstić information content (AvgIpc) is 2.30. The Morgan fingerprint density at radius 2 is 2.06 bits per heavy atom. The number of hydrogen-bond donors (Lipinski definition) is 2. The molecule has 2 N–H and O–H groups in total. The lowest BCUT2D eigenvalue weighted by molar-refractivity contribution is -0.143. The van der Waals surface area contributed by atoms with Crippen molar-refractivity contribution in [3.05, 3.63) is 30.1 Å². The second kappa shape index (κ2) is 4.30. The molecule has 0 aliphatic carbocycles. The molecule has 5 nitrogen and oxygen atoms in total. The number of aliphatic carboxylic acids is 1. The van der Waals surface area contributed by atoms with Gasteiger partial charge in [-0.05, 0) is 30.5 Å². The molecule has 1 saturated heterocycles. The summed E-state index contributed by atoms with van der Waals surface area (Å²) in [5.74, 6) is -1.44. The zero-order chi connectivity index (χ0) is 11.5. The summed E-state index contributed by atoms with van der Waals surface area (Å²) in [6, 6.07) is 2.82. The molecule has 1 aliphatic rings. The van der Waals surface area contributed by atoms with Crippen molar-refractivity contribution >= 4 is 11.9 Å². The second-order valence-electron chi connectivity index (χ2n) is 3.81. The number of piperidine rings is 1. The van der Waals surface area contributed by atoms with Crippen molar-refractivity contribution in [1.82, 2.24) is 10.3 Å². The van der Waals surface area contributed by atoms with E-state index >= 15 is 0 Å². The Morgan fingerprint density at radius 3 is 2.62 bits per heavy atom. The van der Waals surface area contributed by atoms with Crippen LogP contribution in [0.15, 0.2) is 24.5 Å². The van der Waals surface area contributed by atoms with Gasteiger partial charge in [-0.25, -0.2) is 4.79 Å². The van der Waals surface area contributed by atoms with Crippen LogP contribution in [0.1, 0.15) is 24.3 Å². The molecule has 0 aromatic carbocycles. The van der Waals surface area contributed by atoms with Gasteiger partial charge in [0.25, 0.3) is 0 Å². The summed E-state index contributed by atoms with van der Waals surface area (Å²) in [5.41, 5.74) is 0.885. The normalized spacial score (nSPS) is 24.9. The number of carbonyl (C=O) groups is 2. The zero-order valence-corrected chi connectivity index (χ0v) is 8.59. The zero-order valence-electron chi connectivity index (χ0n) is 8.59. The number of carboxylic acid groups (broad SMARTS) is 1. The smallest absolute Gasteiger partial charge is 0.326 e. The maximum atomic E-state index is 11.7. The Morgan fingerprint density at radius 1 is 1.38 bits per heavy atom. The highest BCUT2D eigenvalue weighted by Crippen LogP contribution is 2.25. The number of nitrogens with zero attached hydrogens (tertiary/aromatic N) is 1. The lowest BCUT2D eigenvalue weighted by Crippen LogP contribution is -2.47. The summed E-state index contributed by atoms with van der Waals surface area (Å²) in [4.78, 5) is 26.3. The molecule has 1 amide bonds. The molecular weight excluding hydrogens is 208 g/mol. The number of hydrogen-bond acceptors (Lipinski definition) is 3.